The molecule has 3 aliphatic rings. The van der Waals surface area contributed by atoms with Crippen molar-refractivity contribution in [3.05, 3.63) is 66.1 Å². The lowest BCUT2D eigenvalue weighted by Gasteiger charge is -2.55. The molecule has 6 rings (SSSR count). The van der Waals surface area contributed by atoms with Crippen molar-refractivity contribution in [3.8, 4) is 0 Å². The second-order valence-electron chi connectivity index (χ2n) is 9.14. The van der Waals surface area contributed by atoms with E-state index in [9.17, 15) is 4.79 Å². The Hall–Kier alpha value is -2.73. The SMILES string of the molecule is O=C(c1cnn2cccnc12)N1C[C@@H]2C[C@H](C1)[C@@H]1CCC[C@H](c3ccccc3)N1C2. The van der Waals surface area contributed by atoms with Crippen molar-refractivity contribution in [2.75, 3.05) is 19.6 Å². The molecule has 5 heterocycles. The van der Waals surface area contributed by atoms with E-state index in [0.717, 1.165) is 19.6 Å². The first-order chi connectivity index (χ1) is 14.8. The average Bonchev–Trinajstić information content (AvgIpc) is 3.23. The highest BCUT2D eigenvalue weighted by Crippen LogP contribution is 2.44. The topological polar surface area (TPSA) is 53.7 Å². The van der Waals surface area contributed by atoms with Crippen molar-refractivity contribution < 1.29 is 4.79 Å². The largest absolute Gasteiger partial charge is 0.338 e. The number of aromatic nitrogens is 3. The maximum Gasteiger partial charge on any atom is 0.259 e. The quantitative estimate of drug-likeness (QED) is 0.660. The van der Waals surface area contributed by atoms with Crippen LogP contribution in [0, 0.1) is 11.8 Å². The highest BCUT2D eigenvalue weighted by Gasteiger charge is 2.46. The smallest absolute Gasteiger partial charge is 0.259 e. The average molecular weight is 402 g/mol. The maximum absolute atomic E-state index is 13.4. The van der Waals surface area contributed by atoms with Crippen molar-refractivity contribution >= 4 is 11.6 Å². The first kappa shape index (κ1) is 18.1. The Balaban J connectivity index is 1.25. The number of rotatable bonds is 2. The van der Waals surface area contributed by atoms with E-state index in [1.807, 2.05) is 12.3 Å². The molecule has 2 aromatic heterocycles. The Kier molecular flexibility index (Phi) is 4.34. The molecule has 3 saturated heterocycles. The number of nitrogens with zero attached hydrogens (tertiary/aromatic N) is 5. The molecule has 154 valence electrons. The zero-order valence-corrected chi connectivity index (χ0v) is 17.1. The number of piperidine rings is 3. The minimum atomic E-state index is 0.0854. The molecule has 0 saturated carbocycles. The monoisotopic (exact) mass is 401 g/mol. The van der Waals surface area contributed by atoms with Crippen molar-refractivity contribution in [3.63, 3.8) is 0 Å². The molecular formula is C24H27N5O. The Morgan fingerprint density at radius 2 is 1.93 bits per heavy atom. The van der Waals surface area contributed by atoms with Crippen molar-refractivity contribution in [2.45, 2.75) is 37.8 Å². The third-order valence-corrected chi connectivity index (χ3v) is 7.37. The molecule has 3 aliphatic heterocycles. The first-order valence-electron chi connectivity index (χ1n) is 11.2. The van der Waals surface area contributed by atoms with Crippen LogP contribution in [-0.2, 0) is 0 Å². The third kappa shape index (κ3) is 2.93. The van der Waals surface area contributed by atoms with E-state index >= 15 is 0 Å². The minimum absolute atomic E-state index is 0.0854. The van der Waals surface area contributed by atoms with Gasteiger partial charge in [-0.3, -0.25) is 9.69 Å². The number of carbonyl (C=O) groups excluding carboxylic acids is 1. The molecule has 0 aliphatic carbocycles. The number of carbonyl (C=O) groups is 1. The van der Waals surface area contributed by atoms with E-state index in [-0.39, 0.29) is 5.91 Å². The summed E-state index contributed by atoms with van der Waals surface area (Å²) in [5, 5.41) is 4.31. The molecule has 0 unspecified atom stereocenters. The standard InChI is InChI=1S/C24H27N5O/c30-24(20-13-26-29-11-5-10-25-23(20)29)27-14-17-12-19(16-27)22-9-4-8-21(28(22)15-17)18-6-2-1-3-7-18/h1-3,5-7,10-11,13,17,19,21-22H,4,8-9,12,14-16H2/t17-,19+,21+,22-/m0/s1. The zero-order valence-electron chi connectivity index (χ0n) is 17.1. The highest BCUT2D eigenvalue weighted by molar-refractivity contribution is 5.99. The predicted octanol–water partition coefficient (Wildman–Crippen LogP) is 3.42. The molecule has 1 amide bonds. The van der Waals surface area contributed by atoms with E-state index in [4.69, 9.17) is 0 Å². The molecule has 0 radical (unpaired) electrons. The summed E-state index contributed by atoms with van der Waals surface area (Å²) in [4.78, 5) is 22.6. The summed E-state index contributed by atoms with van der Waals surface area (Å²) >= 11 is 0. The van der Waals surface area contributed by atoms with Gasteiger partial charge in [0.25, 0.3) is 5.91 Å². The molecule has 1 aromatic carbocycles. The van der Waals surface area contributed by atoms with E-state index < -0.39 is 0 Å². The van der Waals surface area contributed by atoms with Gasteiger partial charge in [0.05, 0.1) is 6.20 Å². The van der Waals surface area contributed by atoms with Crippen LogP contribution in [0.15, 0.2) is 55.0 Å². The zero-order chi connectivity index (χ0) is 20.1. The number of likely N-dealkylation sites (tertiary alicyclic amines) is 1. The van der Waals surface area contributed by atoms with Gasteiger partial charge in [0.2, 0.25) is 0 Å². The maximum atomic E-state index is 13.4. The van der Waals surface area contributed by atoms with Crippen LogP contribution in [0.5, 0.6) is 0 Å². The predicted molar refractivity (Wildman–Crippen MR) is 114 cm³/mol. The van der Waals surface area contributed by atoms with Gasteiger partial charge >= 0.3 is 0 Å². The molecule has 6 heteroatoms. The van der Waals surface area contributed by atoms with Crippen molar-refractivity contribution in [1.82, 2.24) is 24.4 Å². The molecule has 6 nitrogen and oxygen atoms in total. The summed E-state index contributed by atoms with van der Waals surface area (Å²) in [6.07, 6.45) is 10.3. The van der Waals surface area contributed by atoms with Crippen LogP contribution >= 0.6 is 0 Å². The molecule has 2 bridgehead atoms. The van der Waals surface area contributed by atoms with Gasteiger partial charge in [-0.05, 0) is 49.1 Å². The van der Waals surface area contributed by atoms with E-state index in [0.29, 0.717) is 35.1 Å². The van der Waals surface area contributed by atoms with Crippen LogP contribution in [0.25, 0.3) is 5.65 Å². The van der Waals surface area contributed by atoms with Crippen LogP contribution in [0.3, 0.4) is 0 Å². The third-order valence-electron chi connectivity index (χ3n) is 7.37. The van der Waals surface area contributed by atoms with E-state index in [1.165, 1.54) is 31.2 Å². The molecule has 0 N–H and O–H groups in total. The van der Waals surface area contributed by atoms with Gasteiger partial charge in [-0.25, -0.2) is 9.50 Å². The lowest BCUT2D eigenvalue weighted by atomic mass is 9.74. The molecule has 0 spiro atoms. The fourth-order valence-electron chi connectivity index (χ4n) is 6.16. The van der Waals surface area contributed by atoms with Crippen molar-refractivity contribution in [1.29, 1.82) is 0 Å². The summed E-state index contributed by atoms with van der Waals surface area (Å²) in [5.41, 5.74) is 2.73. The molecule has 30 heavy (non-hydrogen) atoms. The highest BCUT2D eigenvalue weighted by atomic mass is 16.2. The van der Waals surface area contributed by atoms with Crippen LogP contribution in [0.1, 0.15) is 47.6 Å². The second kappa shape index (κ2) is 7.20. The Morgan fingerprint density at radius 3 is 2.83 bits per heavy atom. The Labute approximate surface area is 176 Å². The molecule has 4 atom stereocenters. The summed E-state index contributed by atoms with van der Waals surface area (Å²) in [6.45, 7) is 2.78. The minimum Gasteiger partial charge on any atom is -0.338 e. The van der Waals surface area contributed by atoms with Gasteiger partial charge in [-0.15, -0.1) is 0 Å². The van der Waals surface area contributed by atoms with Gasteiger partial charge in [0, 0.05) is 44.1 Å². The number of hydrogen-bond acceptors (Lipinski definition) is 4. The van der Waals surface area contributed by atoms with E-state index in [1.54, 1.807) is 16.9 Å². The Bertz CT molecular complexity index is 1060. The van der Waals surface area contributed by atoms with Crippen LogP contribution in [0.2, 0.25) is 0 Å². The number of benzene rings is 1. The lowest BCUT2D eigenvalue weighted by Crippen LogP contribution is -2.60. The number of hydrogen-bond donors (Lipinski definition) is 0. The fourth-order valence-corrected chi connectivity index (χ4v) is 6.16. The normalized spacial score (nSPS) is 29.0. The van der Waals surface area contributed by atoms with Crippen LogP contribution in [0.4, 0.5) is 0 Å². The summed E-state index contributed by atoms with van der Waals surface area (Å²) < 4.78 is 1.69. The van der Waals surface area contributed by atoms with Crippen LogP contribution < -0.4 is 0 Å². The van der Waals surface area contributed by atoms with Gasteiger partial charge < -0.3 is 4.90 Å². The molecular weight excluding hydrogens is 374 g/mol. The van der Waals surface area contributed by atoms with Gasteiger partial charge in [-0.2, -0.15) is 5.10 Å². The summed E-state index contributed by atoms with van der Waals surface area (Å²) in [7, 11) is 0. The first-order valence-corrected chi connectivity index (χ1v) is 11.2. The summed E-state index contributed by atoms with van der Waals surface area (Å²) in [5.74, 6) is 1.19. The number of fused-ring (bicyclic) bond motifs is 5. The van der Waals surface area contributed by atoms with E-state index in [2.05, 4.69) is 50.2 Å². The van der Waals surface area contributed by atoms with Gasteiger partial charge in [0.15, 0.2) is 5.65 Å². The number of amides is 1. The van der Waals surface area contributed by atoms with Crippen molar-refractivity contribution in [2.24, 2.45) is 11.8 Å². The summed E-state index contributed by atoms with van der Waals surface area (Å²) in [6, 6.07) is 13.9. The fraction of sp³-hybridized carbons (Fsp3) is 0.458. The van der Waals surface area contributed by atoms with Crippen LogP contribution in [-0.4, -0.2) is 56.0 Å². The molecule has 3 fully saturated rings. The molecule has 3 aromatic rings. The van der Waals surface area contributed by atoms with Gasteiger partial charge in [-0.1, -0.05) is 30.3 Å². The lowest BCUT2D eigenvalue weighted by molar-refractivity contribution is -0.0511. The second-order valence-corrected chi connectivity index (χ2v) is 9.14. The Morgan fingerprint density at radius 1 is 1.03 bits per heavy atom. The van der Waals surface area contributed by atoms with Gasteiger partial charge in [0.1, 0.15) is 5.56 Å².